The van der Waals surface area contributed by atoms with Crippen molar-refractivity contribution in [3.63, 3.8) is 0 Å². The Bertz CT molecular complexity index is 124. The van der Waals surface area contributed by atoms with Gasteiger partial charge in [0.05, 0.1) is 13.2 Å². The largest absolute Gasteiger partial charge is 0.394 e. The van der Waals surface area contributed by atoms with Crippen LogP contribution in [0, 0.1) is 0 Å². The lowest BCUT2D eigenvalue weighted by atomic mass is 9.90. The molecule has 0 aliphatic heterocycles. The van der Waals surface area contributed by atoms with E-state index >= 15 is 0 Å². The van der Waals surface area contributed by atoms with Gasteiger partial charge in [-0.25, -0.2) is 0 Å². The Hall–Kier alpha value is -0.120. The number of hydrogen-bond acceptors (Lipinski definition) is 3. The number of aliphatic hydroxyl groups is 1. The van der Waals surface area contributed by atoms with E-state index in [0.29, 0.717) is 6.61 Å². The van der Waals surface area contributed by atoms with Gasteiger partial charge in [-0.05, 0) is 12.8 Å². The SMILES string of the molecule is CCCCC(CC)(CO)NCCOC. The van der Waals surface area contributed by atoms with Gasteiger partial charge < -0.3 is 15.2 Å². The molecule has 14 heavy (non-hydrogen) atoms. The zero-order valence-electron chi connectivity index (χ0n) is 9.81. The monoisotopic (exact) mass is 203 g/mol. The van der Waals surface area contributed by atoms with E-state index in [9.17, 15) is 5.11 Å². The van der Waals surface area contributed by atoms with E-state index in [1.54, 1.807) is 7.11 Å². The molecule has 0 heterocycles. The molecule has 1 unspecified atom stereocenters. The van der Waals surface area contributed by atoms with Crippen molar-refractivity contribution in [1.82, 2.24) is 5.32 Å². The van der Waals surface area contributed by atoms with Gasteiger partial charge in [-0.15, -0.1) is 0 Å². The molecule has 0 aromatic heterocycles. The lowest BCUT2D eigenvalue weighted by Gasteiger charge is -2.32. The summed E-state index contributed by atoms with van der Waals surface area (Å²) in [6.45, 7) is 6.02. The molecule has 0 saturated heterocycles. The van der Waals surface area contributed by atoms with Crippen molar-refractivity contribution < 1.29 is 9.84 Å². The summed E-state index contributed by atoms with van der Waals surface area (Å²) in [5.74, 6) is 0. The molecule has 0 bridgehead atoms. The van der Waals surface area contributed by atoms with Crippen LogP contribution in [-0.4, -0.2) is 37.5 Å². The third kappa shape index (κ3) is 4.94. The molecule has 0 amide bonds. The quantitative estimate of drug-likeness (QED) is 0.559. The number of ether oxygens (including phenoxy) is 1. The second-order valence-electron chi connectivity index (χ2n) is 3.82. The molecule has 1 atom stereocenters. The molecule has 0 aliphatic rings. The van der Waals surface area contributed by atoms with Crippen molar-refractivity contribution in [3.8, 4) is 0 Å². The zero-order chi connectivity index (χ0) is 10.9. The molecule has 86 valence electrons. The molecule has 0 aromatic rings. The molecule has 0 aromatic carbocycles. The van der Waals surface area contributed by atoms with Gasteiger partial charge in [0.25, 0.3) is 0 Å². The highest BCUT2D eigenvalue weighted by molar-refractivity contribution is 4.85. The molecule has 0 rings (SSSR count). The summed E-state index contributed by atoms with van der Waals surface area (Å²) in [6, 6.07) is 0. The molecule has 0 saturated carbocycles. The minimum absolute atomic E-state index is 0.0887. The lowest BCUT2D eigenvalue weighted by molar-refractivity contribution is 0.125. The van der Waals surface area contributed by atoms with Crippen LogP contribution in [0.4, 0.5) is 0 Å². The van der Waals surface area contributed by atoms with E-state index in [2.05, 4.69) is 19.2 Å². The molecule has 0 radical (unpaired) electrons. The third-order valence-corrected chi connectivity index (χ3v) is 2.79. The van der Waals surface area contributed by atoms with Crippen LogP contribution in [0.1, 0.15) is 39.5 Å². The average Bonchev–Trinajstić information content (AvgIpc) is 2.24. The maximum atomic E-state index is 9.40. The summed E-state index contributed by atoms with van der Waals surface area (Å²) >= 11 is 0. The zero-order valence-corrected chi connectivity index (χ0v) is 9.81. The van der Waals surface area contributed by atoms with Crippen LogP contribution in [0.2, 0.25) is 0 Å². The molecule has 2 N–H and O–H groups in total. The van der Waals surface area contributed by atoms with Crippen LogP contribution in [0.25, 0.3) is 0 Å². The normalized spacial score (nSPS) is 15.4. The molecule has 0 aliphatic carbocycles. The Morgan fingerprint density at radius 1 is 1.36 bits per heavy atom. The highest BCUT2D eigenvalue weighted by Crippen LogP contribution is 2.17. The summed E-state index contributed by atoms with van der Waals surface area (Å²) in [5, 5.41) is 12.8. The summed E-state index contributed by atoms with van der Waals surface area (Å²) in [7, 11) is 1.69. The van der Waals surface area contributed by atoms with Gasteiger partial charge in [-0.3, -0.25) is 0 Å². The van der Waals surface area contributed by atoms with Gasteiger partial charge in [0.1, 0.15) is 0 Å². The standard InChI is InChI=1S/C11H25NO2/c1-4-6-7-11(5-2,10-13)12-8-9-14-3/h12-13H,4-10H2,1-3H3. The Balaban J connectivity index is 3.94. The van der Waals surface area contributed by atoms with Crippen LogP contribution in [0.5, 0.6) is 0 Å². The number of rotatable bonds is 9. The molecular formula is C11H25NO2. The number of methoxy groups -OCH3 is 1. The highest BCUT2D eigenvalue weighted by Gasteiger charge is 2.25. The summed E-state index contributed by atoms with van der Waals surface area (Å²) in [5.41, 5.74) is -0.0887. The molecular weight excluding hydrogens is 178 g/mol. The number of nitrogens with one attached hydrogen (secondary N) is 1. The topological polar surface area (TPSA) is 41.5 Å². The number of unbranched alkanes of at least 4 members (excludes halogenated alkanes) is 1. The van der Waals surface area contributed by atoms with Crippen molar-refractivity contribution in [2.45, 2.75) is 45.1 Å². The van der Waals surface area contributed by atoms with Gasteiger partial charge in [-0.2, -0.15) is 0 Å². The minimum atomic E-state index is -0.0887. The van der Waals surface area contributed by atoms with E-state index in [0.717, 1.165) is 25.8 Å². The van der Waals surface area contributed by atoms with Crippen LogP contribution in [-0.2, 0) is 4.74 Å². The Morgan fingerprint density at radius 2 is 2.07 bits per heavy atom. The summed E-state index contributed by atoms with van der Waals surface area (Å²) in [6.07, 6.45) is 4.34. The van der Waals surface area contributed by atoms with Crippen molar-refractivity contribution in [1.29, 1.82) is 0 Å². The van der Waals surface area contributed by atoms with Crippen molar-refractivity contribution in [3.05, 3.63) is 0 Å². The van der Waals surface area contributed by atoms with Gasteiger partial charge in [0.2, 0.25) is 0 Å². The third-order valence-electron chi connectivity index (χ3n) is 2.79. The number of aliphatic hydroxyl groups excluding tert-OH is 1. The van der Waals surface area contributed by atoms with E-state index < -0.39 is 0 Å². The fourth-order valence-corrected chi connectivity index (χ4v) is 1.57. The van der Waals surface area contributed by atoms with E-state index in [1.165, 1.54) is 6.42 Å². The predicted octanol–water partition coefficient (Wildman–Crippen LogP) is 1.55. The van der Waals surface area contributed by atoms with Crippen LogP contribution in [0.3, 0.4) is 0 Å². The second kappa shape index (κ2) is 8.21. The summed E-state index contributed by atoms with van der Waals surface area (Å²) in [4.78, 5) is 0. The number of hydrogen-bond donors (Lipinski definition) is 2. The van der Waals surface area contributed by atoms with Crippen molar-refractivity contribution >= 4 is 0 Å². The first-order chi connectivity index (χ1) is 6.74. The van der Waals surface area contributed by atoms with Gasteiger partial charge in [0, 0.05) is 19.2 Å². The highest BCUT2D eigenvalue weighted by atomic mass is 16.5. The maximum Gasteiger partial charge on any atom is 0.0613 e. The van der Waals surface area contributed by atoms with Crippen LogP contribution in [0.15, 0.2) is 0 Å². The first-order valence-electron chi connectivity index (χ1n) is 5.59. The lowest BCUT2D eigenvalue weighted by Crippen LogP contribution is -2.49. The minimum Gasteiger partial charge on any atom is -0.394 e. The first kappa shape index (κ1) is 13.9. The van der Waals surface area contributed by atoms with Crippen molar-refractivity contribution in [2.75, 3.05) is 26.9 Å². The van der Waals surface area contributed by atoms with E-state index in [4.69, 9.17) is 4.74 Å². The second-order valence-corrected chi connectivity index (χ2v) is 3.82. The Labute approximate surface area is 87.8 Å². The van der Waals surface area contributed by atoms with E-state index in [1.807, 2.05) is 0 Å². The fraction of sp³-hybridized carbons (Fsp3) is 1.00. The van der Waals surface area contributed by atoms with E-state index in [-0.39, 0.29) is 12.1 Å². The average molecular weight is 203 g/mol. The van der Waals surface area contributed by atoms with Gasteiger partial charge in [-0.1, -0.05) is 26.7 Å². The first-order valence-corrected chi connectivity index (χ1v) is 5.59. The fourth-order valence-electron chi connectivity index (χ4n) is 1.57. The smallest absolute Gasteiger partial charge is 0.0613 e. The molecule has 0 spiro atoms. The molecule has 0 fully saturated rings. The Kier molecular flexibility index (Phi) is 8.14. The molecule has 3 heteroatoms. The van der Waals surface area contributed by atoms with Gasteiger partial charge in [0.15, 0.2) is 0 Å². The maximum absolute atomic E-state index is 9.40. The van der Waals surface area contributed by atoms with Gasteiger partial charge >= 0.3 is 0 Å². The Morgan fingerprint density at radius 3 is 2.50 bits per heavy atom. The van der Waals surface area contributed by atoms with Crippen molar-refractivity contribution in [2.24, 2.45) is 0 Å². The summed E-state index contributed by atoms with van der Waals surface area (Å²) < 4.78 is 4.99. The predicted molar refractivity (Wildman–Crippen MR) is 59.5 cm³/mol. The van der Waals surface area contributed by atoms with Crippen LogP contribution >= 0.6 is 0 Å². The molecule has 3 nitrogen and oxygen atoms in total. The van der Waals surface area contributed by atoms with Crippen LogP contribution < -0.4 is 5.32 Å².